The number of benzene rings is 3. The Morgan fingerprint density at radius 2 is 1.31 bits per heavy atom. The second kappa shape index (κ2) is 10.6. The summed E-state index contributed by atoms with van der Waals surface area (Å²) in [4.78, 5) is 0. The number of halogens is 5. The summed E-state index contributed by atoms with van der Waals surface area (Å²) in [6, 6.07) is 9.23. The molecule has 0 aliphatic rings. The van der Waals surface area contributed by atoms with Crippen molar-refractivity contribution in [3.63, 3.8) is 0 Å². The number of aryl methyl sites for hydroxylation is 2. The minimum Gasteiger partial charge on any atom is -0.289 e. The highest BCUT2D eigenvalue weighted by atomic mass is 19.2. The molecule has 6 heteroatoms. The summed E-state index contributed by atoms with van der Waals surface area (Å²) >= 11 is 0. The SMILES string of the molecule is CCCCCCc1ccc(-c2c([O])cc(F)c(CCc3cc(F)c(F)c(F)c3)c2F)cc1. The molecule has 0 bridgehead atoms. The Morgan fingerprint density at radius 1 is 0.656 bits per heavy atom. The molecule has 0 unspecified atom stereocenters. The fourth-order valence-corrected chi connectivity index (χ4v) is 3.75. The number of hydrogen-bond donors (Lipinski definition) is 0. The van der Waals surface area contributed by atoms with E-state index in [0.717, 1.165) is 49.4 Å². The molecule has 3 rings (SSSR count). The normalized spacial score (nSPS) is 11.2. The van der Waals surface area contributed by atoms with Crippen LogP contribution in [0.2, 0.25) is 0 Å². The van der Waals surface area contributed by atoms with Crippen molar-refractivity contribution in [3.8, 4) is 16.9 Å². The Balaban J connectivity index is 1.82. The standard InChI is InChI=1S/C26H24F5O/c1-2-3-4-5-6-16-7-10-18(11-8-16)24-23(32)15-20(27)19(25(24)30)12-9-17-13-21(28)26(31)22(29)14-17/h7-8,10-11,13-15H,2-6,9,12H2,1H3. The lowest BCUT2D eigenvalue weighted by molar-refractivity contribution is 0.350. The fourth-order valence-electron chi connectivity index (χ4n) is 3.75. The van der Waals surface area contributed by atoms with Crippen LogP contribution in [-0.2, 0) is 24.4 Å². The van der Waals surface area contributed by atoms with Crippen LogP contribution in [0.5, 0.6) is 5.75 Å². The summed E-state index contributed by atoms with van der Waals surface area (Å²) in [5.41, 5.74) is 0.870. The van der Waals surface area contributed by atoms with Crippen LogP contribution in [0.15, 0.2) is 42.5 Å². The van der Waals surface area contributed by atoms with Crippen molar-refractivity contribution in [2.45, 2.75) is 51.9 Å². The maximum Gasteiger partial charge on any atom is 0.194 e. The van der Waals surface area contributed by atoms with Crippen molar-refractivity contribution in [2.24, 2.45) is 0 Å². The minimum absolute atomic E-state index is 0.0559. The zero-order valence-corrected chi connectivity index (χ0v) is 17.8. The topological polar surface area (TPSA) is 19.9 Å². The summed E-state index contributed by atoms with van der Waals surface area (Å²) in [5, 5.41) is 12.3. The summed E-state index contributed by atoms with van der Waals surface area (Å²) in [7, 11) is 0. The molecule has 3 aromatic carbocycles. The van der Waals surface area contributed by atoms with E-state index >= 15 is 4.39 Å². The van der Waals surface area contributed by atoms with Gasteiger partial charge in [-0.1, -0.05) is 50.5 Å². The zero-order valence-electron chi connectivity index (χ0n) is 17.8. The van der Waals surface area contributed by atoms with Gasteiger partial charge in [0.15, 0.2) is 23.2 Å². The molecule has 169 valence electrons. The number of hydrogen-bond acceptors (Lipinski definition) is 0. The zero-order chi connectivity index (χ0) is 23.3. The van der Waals surface area contributed by atoms with Crippen LogP contribution >= 0.6 is 0 Å². The first kappa shape index (κ1) is 23.8. The molecule has 1 radical (unpaired) electrons. The summed E-state index contributed by atoms with van der Waals surface area (Å²) < 4.78 is 69.4. The van der Waals surface area contributed by atoms with Crippen molar-refractivity contribution in [1.82, 2.24) is 0 Å². The smallest absolute Gasteiger partial charge is 0.194 e. The summed E-state index contributed by atoms with van der Waals surface area (Å²) in [6.07, 6.45) is 4.98. The molecular weight excluding hydrogens is 423 g/mol. The van der Waals surface area contributed by atoms with Crippen LogP contribution < -0.4 is 0 Å². The number of rotatable bonds is 9. The highest BCUT2D eigenvalue weighted by Crippen LogP contribution is 2.36. The second-order valence-corrected chi connectivity index (χ2v) is 7.91. The van der Waals surface area contributed by atoms with Crippen molar-refractivity contribution >= 4 is 0 Å². The quantitative estimate of drug-likeness (QED) is 0.179. The van der Waals surface area contributed by atoms with Gasteiger partial charge in [0.05, 0.1) is 5.56 Å². The van der Waals surface area contributed by atoms with Gasteiger partial charge in [-0.3, -0.25) is 5.11 Å². The van der Waals surface area contributed by atoms with Crippen molar-refractivity contribution in [2.75, 3.05) is 0 Å². The molecular formula is C26H24F5O. The van der Waals surface area contributed by atoms with E-state index in [4.69, 9.17) is 0 Å². The van der Waals surface area contributed by atoms with E-state index in [9.17, 15) is 22.7 Å². The van der Waals surface area contributed by atoms with Crippen LogP contribution in [0.3, 0.4) is 0 Å². The molecule has 0 N–H and O–H groups in total. The maximum atomic E-state index is 15.1. The molecule has 1 nitrogen and oxygen atoms in total. The molecule has 0 saturated carbocycles. The molecule has 0 saturated heterocycles. The van der Waals surface area contributed by atoms with Gasteiger partial charge in [0.2, 0.25) is 0 Å². The van der Waals surface area contributed by atoms with Gasteiger partial charge >= 0.3 is 0 Å². The van der Waals surface area contributed by atoms with E-state index in [1.807, 2.05) is 12.1 Å². The third-order valence-corrected chi connectivity index (χ3v) is 5.55. The Kier molecular flexibility index (Phi) is 7.89. The van der Waals surface area contributed by atoms with E-state index < -0.39 is 34.8 Å². The number of unbranched alkanes of at least 4 members (excludes halogenated alkanes) is 3. The van der Waals surface area contributed by atoms with E-state index in [1.54, 1.807) is 12.1 Å². The third kappa shape index (κ3) is 5.47. The lowest BCUT2D eigenvalue weighted by Gasteiger charge is -2.12. The van der Waals surface area contributed by atoms with Crippen molar-refractivity contribution in [1.29, 1.82) is 0 Å². The van der Waals surface area contributed by atoms with Crippen LogP contribution in [0.25, 0.3) is 11.1 Å². The lowest BCUT2D eigenvalue weighted by Crippen LogP contribution is -2.03. The first-order valence-electron chi connectivity index (χ1n) is 10.7. The average molecular weight is 447 g/mol. The molecule has 0 aromatic heterocycles. The van der Waals surface area contributed by atoms with Gasteiger partial charge in [-0.15, -0.1) is 0 Å². The molecule has 0 amide bonds. The third-order valence-electron chi connectivity index (χ3n) is 5.55. The highest BCUT2D eigenvalue weighted by molar-refractivity contribution is 5.72. The average Bonchev–Trinajstić information content (AvgIpc) is 2.75. The Morgan fingerprint density at radius 3 is 1.94 bits per heavy atom. The predicted molar refractivity (Wildman–Crippen MR) is 113 cm³/mol. The Hall–Kier alpha value is -2.89. The molecule has 3 aromatic rings. The first-order chi connectivity index (χ1) is 15.3. The molecule has 0 aliphatic carbocycles. The monoisotopic (exact) mass is 447 g/mol. The van der Waals surface area contributed by atoms with E-state index in [-0.39, 0.29) is 29.5 Å². The van der Waals surface area contributed by atoms with Crippen LogP contribution in [0, 0.1) is 29.1 Å². The molecule has 0 aliphatic heterocycles. The Labute approximate surface area is 184 Å². The van der Waals surface area contributed by atoms with Gasteiger partial charge in [-0.25, -0.2) is 22.0 Å². The van der Waals surface area contributed by atoms with Gasteiger partial charge in [-0.2, -0.15) is 0 Å². The molecule has 32 heavy (non-hydrogen) atoms. The predicted octanol–water partition coefficient (Wildman–Crippen LogP) is 8.10. The van der Waals surface area contributed by atoms with Gasteiger partial charge in [-0.05, 0) is 54.5 Å². The lowest BCUT2D eigenvalue weighted by atomic mass is 9.95. The van der Waals surface area contributed by atoms with E-state index in [2.05, 4.69) is 6.92 Å². The van der Waals surface area contributed by atoms with Crippen LogP contribution in [0.4, 0.5) is 22.0 Å². The maximum absolute atomic E-state index is 15.1. The molecule has 0 fully saturated rings. The van der Waals surface area contributed by atoms with Crippen molar-refractivity contribution < 1.29 is 27.1 Å². The summed E-state index contributed by atoms with van der Waals surface area (Å²) in [6.45, 7) is 2.14. The van der Waals surface area contributed by atoms with Gasteiger partial charge in [0, 0.05) is 11.6 Å². The second-order valence-electron chi connectivity index (χ2n) is 7.91. The van der Waals surface area contributed by atoms with Crippen LogP contribution in [-0.4, -0.2) is 0 Å². The molecule has 0 atom stereocenters. The highest BCUT2D eigenvalue weighted by Gasteiger charge is 2.21. The van der Waals surface area contributed by atoms with Gasteiger partial charge in [0.25, 0.3) is 0 Å². The molecule has 0 heterocycles. The molecule has 0 spiro atoms. The van der Waals surface area contributed by atoms with Crippen molar-refractivity contribution in [3.05, 3.63) is 88.2 Å². The minimum atomic E-state index is -1.60. The van der Waals surface area contributed by atoms with E-state index in [0.29, 0.717) is 5.56 Å². The fraction of sp³-hybridized carbons (Fsp3) is 0.308. The van der Waals surface area contributed by atoms with E-state index in [1.165, 1.54) is 6.42 Å². The largest absolute Gasteiger partial charge is 0.289 e. The van der Waals surface area contributed by atoms with Gasteiger partial charge in [0.1, 0.15) is 11.6 Å². The van der Waals surface area contributed by atoms with Crippen LogP contribution in [0.1, 0.15) is 49.3 Å². The first-order valence-corrected chi connectivity index (χ1v) is 10.7. The summed E-state index contributed by atoms with van der Waals surface area (Å²) in [5.74, 6) is -7.13. The van der Waals surface area contributed by atoms with Gasteiger partial charge < -0.3 is 0 Å². The Bertz CT molecular complexity index is 1050.